The van der Waals surface area contributed by atoms with Gasteiger partial charge in [-0.25, -0.2) is 0 Å². The van der Waals surface area contributed by atoms with Gasteiger partial charge in [0, 0.05) is 6.54 Å². The lowest BCUT2D eigenvalue weighted by Gasteiger charge is -2.19. The molecular formula is C28H32ClN3O3S. The highest BCUT2D eigenvalue weighted by molar-refractivity contribution is 7.80. The van der Waals surface area contributed by atoms with Gasteiger partial charge in [-0.3, -0.25) is 5.43 Å². The lowest BCUT2D eigenvalue weighted by molar-refractivity contribution is 0.211. The number of hydrogen-bond donors (Lipinski definition) is 2. The highest BCUT2D eigenvalue weighted by atomic mass is 35.5. The first-order valence-electron chi connectivity index (χ1n) is 11.6. The molecule has 0 fully saturated rings. The van der Waals surface area contributed by atoms with Crippen LogP contribution in [0.15, 0.2) is 71.8 Å². The van der Waals surface area contributed by atoms with Crippen molar-refractivity contribution in [3.8, 4) is 17.2 Å². The molecule has 2 N–H and O–H groups in total. The maximum atomic E-state index is 6.46. The van der Waals surface area contributed by atoms with Gasteiger partial charge in [0.05, 0.1) is 18.3 Å². The van der Waals surface area contributed by atoms with E-state index in [1.54, 1.807) is 25.5 Å². The summed E-state index contributed by atoms with van der Waals surface area (Å²) < 4.78 is 17.1. The van der Waals surface area contributed by atoms with E-state index in [1.807, 2.05) is 42.5 Å². The van der Waals surface area contributed by atoms with E-state index < -0.39 is 0 Å². The quantitative estimate of drug-likeness (QED) is 0.144. The van der Waals surface area contributed by atoms with Crippen LogP contribution in [0.4, 0.5) is 0 Å². The summed E-state index contributed by atoms with van der Waals surface area (Å²) in [6, 6.07) is 21.6. The zero-order valence-corrected chi connectivity index (χ0v) is 22.6. The van der Waals surface area contributed by atoms with Gasteiger partial charge in [-0.15, -0.1) is 0 Å². The van der Waals surface area contributed by atoms with Gasteiger partial charge in [0.25, 0.3) is 0 Å². The first-order chi connectivity index (χ1) is 17.3. The number of hydrazone groups is 1. The van der Waals surface area contributed by atoms with E-state index in [-0.39, 0.29) is 5.41 Å². The van der Waals surface area contributed by atoms with Crippen LogP contribution < -0.4 is 25.0 Å². The minimum absolute atomic E-state index is 0.104. The van der Waals surface area contributed by atoms with Crippen molar-refractivity contribution < 1.29 is 14.2 Å². The number of rotatable bonds is 10. The molecule has 0 aliphatic carbocycles. The number of benzene rings is 3. The van der Waals surface area contributed by atoms with Crippen molar-refractivity contribution in [1.82, 2.24) is 10.7 Å². The molecule has 0 unspecified atom stereocenters. The first kappa shape index (κ1) is 27.3. The highest BCUT2D eigenvalue weighted by Crippen LogP contribution is 2.36. The van der Waals surface area contributed by atoms with E-state index in [9.17, 15) is 0 Å². The lowest BCUT2D eigenvalue weighted by Crippen LogP contribution is -2.31. The van der Waals surface area contributed by atoms with Crippen LogP contribution in [0.2, 0.25) is 5.02 Å². The largest absolute Gasteiger partial charge is 0.493 e. The van der Waals surface area contributed by atoms with Crippen molar-refractivity contribution in [2.24, 2.45) is 5.10 Å². The Balaban J connectivity index is 1.49. The average Bonchev–Trinajstić information content (AvgIpc) is 2.86. The van der Waals surface area contributed by atoms with Gasteiger partial charge in [0.15, 0.2) is 16.6 Å². The smallest absolute Gasteiger partial charge is 0.187 e. The van der Waals surface area contributed by atoms with Gasteiger partial charge in [-0.2, -0.15) is 5.10 Å². The van der Waals surface area contributed by atoms with Crippen LogP contribution in [0.25, 0.3) is 0 Å². The molecule has 3 aromatic carbocycles. The molecule has 0 aliphatic rings. The molecule has 190 valence electrons. The summed E-state index contributed by atoms with van der Waals surface area (Å²) in [7, 11) is 1.56. The molecular weight excluding hydrogens is 494 g/mol. The van der Waals surface area contributed by atoms with Crippen LogP contribution in [-0.2, 0) is 12.0 Å². The van der Waals surface area contributed by atoms with Crippen molar-refractivity contribution in [2.75, 3.05) is 20.3 Å². The molecule has 0 spiro atoms. The Morgan fingerprint density at radius 1 is 1.00 bits per heavy atom. The van der Waals surface area contributed by atoms with Crippen LogP contribution in [-0.4, -0.2) is 31.7 Å². The molecule has 3 rings (SSSR count). The molecule has 0 saturated heterocycles. The van der Waals surface area contributed by atoms with Gasteiger partial charge in [-0.05, 0) is 58.6 Å². The van der Waals surface area contributed by atoms with Gasteiger partial charge in [0.2, 0.25) is 0 Å². The fourth-order valence-electron chi connectivity index (χ4n) is 3.29. The third-order valence-corrected chi connectivity index (χ3v) is 5.76. The predicted octanol–water partition coefficient (Wildman–Crippen LogP) is 6.10. The molecule has 0 radical (unpaired) electrons. The van der Waals surface area contributed by atoms with E-state index in [0.29, 0.717) is 41.4 Å². The fourth-order valence-corrected chi connectivity index (χ4v) is 3.69. The summed E-state index contributed by atoms with van der Waals surface area (Å²) in [5.41, 5.74) is 6.02. The highest BCUT2D eigenvalue weighted by Gasteiger charge is 2.14. The van der Waals surface area contributed by atoms with Crippen LogP contribution in [0.3, 0.4) is 0 Å². The maximum absolute atomic E-state index is 6.46. The van der Waals surface area contributed by atoms with Crippen molar-refractivity contribution >= 4 is 35.1 Å². The van der Waals surface area contributed by atoms with Gasteiger partial charge in [-0.1, -0.05) is 74.8 Å². The van der Waals surface area contributed by atoms with Crippen molar-refractivity contribution in [3.63, 3.8) is 0 Å². The number of methoxy groups -OCH3 is 1. The summed E-state index contributed by atoms with van der Waals surface area (Å²) in [5.74, 6) is 1.75. The molecule has 8 heteroatoms. The maximum Gasteiger partial charge on any atom is 0.187 e. The van der Waals surface area contributed by atoms with E-state index in [2.05, 4.69) is 48.7 Å². The molecule has 3 aromatic rings. The molecule has 0 amide bonds. The number of nitrogens with zero attached hydrogens (tertiary/aromatic N) is 1. The van der Waals surface area contributed by atoms with E-state index in [0.717, 1.165) is 16.9 Å². The molecule has 0 aliphatic heterocycles. The Hall–Kier alpha value is -3.29. The van der Waals surface area contributed by atoms with Crippen molar-refractivity contribution in [2.45, 2.75) is 32.7 Å². The molecule has 0 saturated carbocycles. The minimum Gasteiger partial charge on any atom is -0.493 e. The first-order valence-corrected chi connectivity index (χ1v) is 12.4. The Morgan fingerprint density at radius 3 is 2.36 bits per heavy atom. The Labute approximate surface area is 223 Å². The second kappa shape index (κ2) is 13.1. The molecule has 0 aromatic heterocycles. The van der Waals surface area contributed by atoms with E-state index >= 15 is 0 Å². The summed E-state index contributed by atoms with van der Waals surface area (Å²) >= 11 is 11.7. The third-order valence-electron chi connectivity index (χ3n) is 5.25. The number of thiocarbonyl (C=S) groups is 1. The normalized spacial score (nSPS) is 11.2. The van der Waals surface area contributed by atoms with E-state index in [1.165, 1.54) is 5.56 Å². The van der Waals surface area contributed by atoms with Gasteiger partial charge < -0.3 is 19.5 Å². The Morgan fingerprint density at radius 2 is 1.69 bits per heavy atom. The topological polar surface area (TPSA) is 64.1 Å². The van der Waals surface area contributed by atoms with E-state index in [4.69, 9.17) is 38.0 Å². The summed E-state index contributed by atoms with van der Waals surface area (Å²) in [6.45, 7) is 7.84. The summed E-state index contributed by atoms with van der Waals surface area (Å²) in [5, 5.41) is 8.11. The number of hydrogen-bond acceptors (Lipinski definition) is 5. The van der Waals surface area contributed by atoms with Gasteiger partial charge in [0.1, 0.15) is 19.0 Å². The molecule has 36 heavy (non-hydrogen) atoms. The Kier molecular flexibility index (Phi) is 9.96. The second-order valence-electron chi connectivity index (χ2n) is 9.04. The summed E-state index contributed by atoms with van der Waals surface area (Å²) in [6.07, 6.45) is 1.61. The van der Waals surface area contributed by atoms with Crippen LogP contribution in [0.5, 0.6) is 17.2 Å². The SMILES string of the molecule is COc1cc(/C=N\NC(=S)NCc2ccccc2)cc(Cl)c1OCCOc1ccc(C(C)(C)C)cc1. The minimum atomic E-state index is 0.104. The molecule has 0 atom stereocenters. The van der Waals surface area contributed by atoms with Crippen LogP contribution in [0.1, 0.15) is 37.5 Å². The van der Waals surface area contributed by atoms with Crippen LogP contribution in [0, 0.1) is 0 Å². The average molecular weight is 526 g/mol. The predicted molar refractivity (Wildman–Crippen MR) is 151 cm³/mol. The summed E-state index contributed by atoms with van der Waals surface area (Å²) in [4.78, 5) is 0. The zero-order chi connectivity index (χ0) is 26.0. The standard InChI is InChI=1S/C28H32ClN3O3S/c1-28(2,3)22-10-12-23(13-11-22)34-14-15-35-26-24(29)16-21(17-25(26)33-4)19-31-32-27(36)30-18-20-8-6-5-7-9-20/h5-13,16-17,19H,14-15,18H2,1-4H3,(H2,30,32,36)/b31-19-. The fraction of sp³-hybridized carbons (Fsp3) is 0.286. The third kappa shape index (κ3) is 8.43. The number of halogens is 1. The number of nitrogens with one attached hydrogen (secondary N) is 2. The lowest BCUT2D eigenvalue weighted by atomic mass is 9.87. The monoisotopic (exact) mass is 525 g/mol. The number of ether oxygens (including phenoxy) is 3. The molecule has 0 heterocycles. The van der Waals surface area contributed by atoms with Crippen molar-refractivity contribution in [3.05, 3.63) is 88.4 Å². The Bertz CT molecular complexity index is 1160. The second-order valence-corrected chi connectivity index (χ2v) is 9.86. The van der Waals surface area contributed by atoms with Crippen LogP contribution >= 0.6 is 23.8 Å². The van der Waals surface area contributed by atoms with Gasteiger partial charge >= 0.3 is 0 Å². The zero-order valence-electron chi connectivity index (χ0n) is 21.0. The molecule has 0 bridgehead atoms. The molecule has 6 nitrogen and oxygen atoms in total. The van der Waals surface area contributed by atoms with Crippen molar-refractivity contribution in [1.29, 1.82) is 0 Å².